The summed E-state index contributed by atoms with van der Waals surface area (Å²) in [5.41, 5.74) is 7.12. The minimum Gasteiger partial charge on any atom is -0.368 e. The molecule has 0 saturated heterocycles. The number of hydrogen-bond donors (Lipinski definition) is 1. The summed E-state index contributed by atoms with van der Waals surface area (Å²) in [6, 6.07) is 4.57. The van der Waals surface area contributed by atoms with Crippen LogP contribution in [0.2, 0.25) is 0 Å². The van der Waals surface area contributed by atoms with Gasteiger partial charge in [-0.3, -0.25) is 10.1 Å². The van der Waals surface area contributed by atoms with Gasteiger partial charge in [0, 0.05) is 23.6 Å². The molecule has 0 aliphatic rings. The van der Waals surface area contributed by atoms with Crippen molar-refractivity contribution in [3.05, 3.63) is 39.7 Å². The average molecular weight is 273 g/mol. The minimum absolute atomic E-state index is 0.00400. The Kier molecular flexibility index (Phi) is 3.60. The SMILES string of the molecule is Cc1ccc([N+](=O)[O-])cc1-c1nc(N)nc(C(C)C)n1. The van der Waals surface area contributed by atoms with Crippen LogP contribution < -0.4 is 5.73 Å². The molecular formula is C13H15N5O2. The van der Waals surface area contributed by atoms with Gasteiger partial charge in [0.25, 0.3) is 5.69 Å². The van der Waals surface area contributed by atoms with E-state index in [0.29, 0.717) is 17.2 Å². The molecule has 0 aliphatic heterocycles. The summed E-state index contributed by atoms with van der Waals surface area (Å²) in [6.45, 7) is 5.73. The quantitative estimate of drug-likeness (QED) is 0.679. The highest BCUT2D eigenvalue weighted by Crippen LogP contribution is 2.26. The lowest BCUT2D eigenvalue weighted by Gasteiger charge is -2.09. The van der Waals surface area contributed by atoms with Crippen molar-refractivity contribution in [2.75, 3.05) is 5.73 Å². The molecule has 104 valence electrons. The third-order valence-corrected chi connectivity index (χ3v) is 2.86. The van der Waals surface area contributed by atoms with Crippen molar-refractivity contribution in [3.8, 4) is 11.4 Å². The Labute approximate surface area is 116 Å². The van der Waals surface area contributed by atoms with Gasteiger partial charge in [-0.05, 0) is 12.5 Å². The zero-order valence-corrected chi connectivity index (χ0v) is 11.5. The van der Waals surface area contributed by atoms with Crippen LogP contribution in [0.4, 0.5) is 11.6 Å². The largest absolute Gasteiger partial charge is 0.368 e. The van der Waals surface area contributed by atoms with Crippen LogP contribution >= 0.6 is 0 Å². The van der Waals surface area contributed by atoms with Crippen LogP contribution in [0.1, 0.15) is 31.2 Å². The van der Waals surface area contributed by atoms with Gasteiger partial charge >= 0.3 is 0 Å². The summed E-state index contributed by atoms with van der Waals surface area (Å²) < 4.78 is 0. The van der Waals surface area contributed by atoms with Crippen molar-refractivity contribution >= 4 is 11.6 Å². The summed E-state index contributed by atoms with van der Waals surface area (Å²) in [5, 5.41) is 10.9. The molecular weight excluding hydrogens is 258 g/mol. The molecule has 2 aromatic rings. The van der Waals surface area contributed by atoms with Crippen molar-refractivity contribution in [3.63, 3.8) is 0 Å². The van der Waals surface area contributed by atoms with Crippen molar-refractivity contribution in [1.82, 2.24) is 15.0 Å². The van der Waals surface area contributed by atoms with Crippen LogP contribution in [0.15, 0.2) is 18.2 Å². The van der Waals surface area contributed by atoms with E-state index in [1.165, 1.54) is 12.1 Å². The molecule has 20 heavy (non-hydrogen) atoms. The number of nitrogens with zero attached hydrogens (tertiary/aromatic N) is 4. The molecule has 0 atom stereocenters. The molecule has 0 unspecified atom stereocenters. The van der Waals surface area contributed by atoms with Gasteiger partial charge in [0.05, 0.1) is 4.92 Å². The fraction of sp³-hybridized carbons (Fsp3) is 0.308. The normalized spacial score (nSPS) is 10.8. The van der Waals surface area contributed by atoms with E-state index in [9.17, 15) is 10.1 Å². The molecule has 0 radical (unpaired) electrons. The van der Waals surface area contributed by atoms with Crippen LogP contribution in [0.3, 0.4) is 0 Å². The van der Waals surface area contributed by atoms with Crippen LogP contribution in [0.25, 0.3) is 11.4 Å². The molecule has 1 aromatic carbocycles. The third kappa shape index (κ3) is 2.71. The van der Waals surface area contributed by atoms with Gasteiger partial charge in [-0.1, -0.05) is 19.9 Å². The number of nitro benzene ring substituents is 1. The number of anilines is 1. The first-order valence-corrected chi connectivity index (χ1v) is 6.15. The zero-order chi connectivity index (χ0) is 14.9. The second-order valence-corrected chi connectivity index (χ2v) is 4.79. The van der Waals surface area contributed by atoms with Gasteiger partial charge in [-0.15, -0.1) is 0 Å². The first kappa shape index (κ1) is 13.9. The standard InChI is InChI=1S/C13H15N5O2/c1-7(2)11-15-12(17-13(14)16-11)10-6-9(18(19)20)5-4-8(10)3/h4-7H,1-3H3,(H2,14,15,16,17). The third-order valence-electron chi connectivity index (χ3n) is 2.86. The summed E-state index contributed by atoms with van der Waals surface area (Å²) in [5.74, 6) is 1.14. The molecule has 0 aliphatic carbocycles. The number of aryl methyl sites for hydroxylation is 1. The first-order chi connectivity index (χ1) is 9.38. The van der Waals surface area contributed by atoms with Gasteiger partial charge in [0.15, 0.2) is 5.82 Å². The van der Waals surface area contributed by atoms with Gasteiger partial charge in [-0.25, -0.2) is 4.98 Å². The predicted molar refractivity (Wildman–Crippen MR) is 75.2 cm³/mol. The zero-order valence-electron chi connectivity index (χ0n) is 11.5. The Balaban J connectivity index is 2.61. The second-order valence-electron chi connectivity index (χ2n) is 4.79. The van der Waals surface area contributed by atoms with Crippen molar-refractivity contribution in [2.24, 2.45) is 0 Å². The highest BCUT2D eigenvalue weighted by Gasteiger charge is 2.15. The fourth-order valence-corrected chi connectivity index (χ4v) is 1.75. The second kappa shape index (κ2) is 5.20. The number of rotatable bonds is 3. The lowest BCUT2D eigenvalue weighted by atomic mass is 10.1. The summed E-state index contributed by atoms with van der Waals surface area (Å²) in [6.07, 6.45) is 0. The molecule has 0 amide bonds. The first-order valence-electron chi connectivity index (χ1n) is 6.15. The summed E-state index contributed by atoms with van der Waals surface area (Å²) in [4.78, 5) is 22.9. The van der Waals surface area contributed by atoms with E-state index in [-0.39, 0.29) is 17.6 Å². The lowest BCUT2D eigenvalue weighted by Crippen LogP contribution is -2.06. The number of nitrogens with two attached hydrogens (primary N) is 1. The maximum atomic E-state index is 10.9. The molecule has 1 heterocycles. The highest BCUT2D eigenvalue weighted by atomic mass is 16.6. The van der Waals surface area contributed by atoms with Gasteiger partial charge < -0.3 is 5.73 Å². The number of hydrogen-bond acceptors (Lipinski definition) is 6. The minimum atomic E-state index is -0.448. The Hall–Kier alpha value is -2.57. The number of nitrogen functional groups attached to an aromatic ring is 1. The number of aromatic nitrogens is 3. The maximum Gasteiger partial charge on any atom is 0.270 e. The molecule has 0 fully saturated rings. The average Bonchev–Trinajstić information content (AvgIpc) is 2.38. The van der Waals surface area contributed by atoms with Crippen molar-refractivity contribution < 1.29 is 4.92 Å². The molecule has 7 nitrogen and oxygen atoms in total. The van der Waals surface area contributed by atoms with Gasteiger partial charge in [0.1, 0.15) is 5.82 Å². The van der Waals surface area contributed by atoms with E-state index in [1.54, 1.807) is 6.07 Å². The van der Waals surface area contributed by atoms with Crippen LogP contribution in [0.5, 0.6) is 0 Å². The van der Waals surface area contributed by atoms with E-state index in [4.69, 9.17) is 5.73 Å². The van der Waals surface area contributed by atoms with E-state index in [2.05, 4.69) is 15.0 Å². The Morgan fingerprint density at radius 2 is 1.95 bits per heavy atom. The molecule has 2 N–H and O–H groups in total. The number of non-ortho nitro benzene ring substituents is 1. The molecule has 0 saturated carbocycles. The predicted octanol–water partition coefficient (Wildman–Crippen LogP) is 2.46. The summed E-state index contributed by atoms with van der Waals surface area (Å²) >= 11 is 0. The van der Waals surface area contributed by atoms with E-state index in [0.717, 1.165) is 5.56 Å². The van der Waals surface area contributed by atoms with Gasteiger partial charge in [0.2, 0.25) is 5.95 Å². The van der Waals surface area contributed by atoms with Crippen molar-refractivity contribution in [2.45, 2.75) is 26.7 Å². The molecule has 1 aromatic heterocycles. The van der Waals surface area contributed by atoms with E-state index >= 15 is 0 Å². The molecule has 7 heteroatoms. The Bertz CT molecular complexity index is 670. The Morgan fingerprint density at radius 1 is 1.25 bits per heavy atom. The van der Waals surface area contributed by atoms with Gasteiger partial charge in [-0.2, -0.15) is 9.97 Å². The maximum absolute atomic E-state index is 10.9. The molecule has 2 rings (SSSR count). The monoisotopic (exact) mass is 273 g/mol. The molecule has 0 bridgehead atoms. The summed E-state index contributed by atoms with van der Waals surface area (Å²) in [7, 11) is 0. The number of benzene rings is 1. The fourth-order valence-electron chi connectivity index (χ4n) is 1.75. The Morgan fingerprint density at radius 3 is 2.55 bits per heavy atom. The van der Waals surface area contributed by atoms with E-state index < -0.39 is 4.92 Å². The van der Waals surface area contributed by atoms with Crippen molar-refractivity contribution in [1.29, 1.82) is 0 Å². The van der Waals surface area contributed by atoms with E-state index in [1.807, 2.05) is 20.8 Å². The highest BCUT2D eigenvalue weighted by molar-refractivity contribution is 5.64. The van der Waals surface area contributed by atoms with Crippen LogP contribution in [-0.2, 0) is 0 Å². The number of nitro groups is 1. The van der Waals surface area contributed by atoms with Crippen LogP contribution in [-0.4, -0.2) is 19.9 Å². The van der Waals surface area contributed by atoms with Crippen LogP contribution in [0, 0.1) is 17.0 Å². The smallest absolute Gasteiger partial charge is 0.270 e. The molecule has 0 spiro atoms. The lowest BCUT2D eigenvalue weighted by molar-refractivity contribution is -0.384. The topological polar surface area (TPSA) is 108 Å².